The molecule has 9 aromatic carbocycles. The highest BCUT2D eigenvalue weighted by molar-refractivity contribution is 5.96. The van der Waals surface area contributed by atoms with Gasteiger partial charge in [-0.05, 0) is 74.2 Å². The smallest absolute Gasteiger partial charge is 0.160 e. The molecule has 2 heterocycles. The van der Waals surface area contributed by atoms with Crippen molar-refractivity contribution in [2.45, 2.75) is 5.41 Å². The van der Waals surface area contributed by atoms with Gasteiger partial charge in [0.05, 0.1) is 16.8 Å². The second kappa shape index (κ2) is 13.6. The summed E-state index contributed by atoms with van der Waals surface area (Å²) >= 11 is 0. The quantitative estimate of drug-likeness (QED) is 0.175. The van der Waals surface area contributed by atoms with Crippen molar-refractivity contribution in [1.29, 1.82) is 0 Å². The molecule has 1 aliphatic carbocycles. The van der Waals surface area contributed by atoms with Gasteiger partial charge in [0, 0.05) is 33.2 Å². The predicted molar refractivity (Wildman–Crippen MR) is 244 cm³/mol. The standard InChI is InChI=1S/C57H36N2O/c1-3-16-38(17-4-1)52-36-53(39-18-5-2-6-19-39)59-56(58-52)44-23-14-22-42(34-44)40-20-13-21-41(33-40)43-30-31-50-54(35-43)60-55-45-24-8-7-15-37(45)29-32-51(55)57(50)48-27-11-9-25-46(48)47-26-10-12-28-49(47)57/h1-36H. The largest absolute Gasteiger partial charge is 0.456 e. The van der Waals surface area contributed by atoms with Gasteiger partial charge in [-0.1, -0.05) is 194 Å². The predicted octanol–water partition coefficient (Wildman–Crippen LogP) is 14.4. The third-order valence-electron chi connectivity index (χ3n) is 12.3. The van der Waals surface area contributed by atoms with Crippen LogP contribution in [0.15, 0.2) is 218 Å². The Hall–Kier alpha value is -7.88. The molecular formula is C57H36N2O. The number of hydrogen-bond acceptors (Lipinski definition) is 3. The van der Waals surface area contributed by atoms with Gasteiger partial charge in [0.2, 0.25) is 0 Å². The Morgan fingerprint density at radius 3 is 1.48 bits per heavy atom. The van der Waals surface area contributed by atoms with Crippen molar-refractivity contribution in [3.05, 3.63) is 241 Å². The molecular weight excluding hydrogens is 729 g/mol. The van der Waals surface area contributed by atoms with Gasteiger partial charge in [0.1, 0.15) is 11.5 Å². The van der Waals surface area contributed by atoms with Crippen molar-refractivity contribution in [3.8, 4) is 78.8 Å². The van der Waals surface area contributed by atoms with E-state index in [1.807, 2.05) is 36.4 Å². The highest BCUT2D eigenvalue weighted by atomic mass is 16.5. The van der Waals surface area contributed by atoms with E-state index >= 15 is 0 Å². The van der Waals surface area contributed by atoms with Crippen LogP contribution >= 0.6 is 0 Å². The van der Waals surface area contributed by atoms with Gasteiger partial charge in [-0.2, -0.15) is 0 Å². The fourth-order valence-corrected chi connectivity index (χ4v) is 9.62. The maximum atomic E-state index is 7.12. The van der Waals surface area contributed by atoms with Crippen LogP contribution in [0, 0.1) is 0 Å². The molecule has 60 heavy (non-hydrogen) atoms. The highest BCUT2D eigenvalue weighted by Gasteiger charge is 2.51. The molecule has 0 unspecified atom stereocenters. The minimum atomic E-state index is -0.527. The molecule has 0 radical (unpaired) electrons. The van der Waals surface area contributed by atoms with Crippen molar-refractivity contribution < 1.29 is 4.74 Å². The molecule has 0 fully saturated rings. The van der Waals surface area contributed by atoms with E-state index in [-0.39, 0.29) is 0 Å². The highest BCUT2D eigenvalue weighted by Crippen LogP contribution is 2.63. The van der Waals surface area contributed by atoms with Gasteiger partial charge in [0.25, 0.3) is 0 Å². The Morgan fingerprint density at radius 2 is 0.833 bits per heavy atom. The van der Waals surface area contributed by atoms with E-state index in [2.05, 4.69) is 182 Å². The van der Waals surface area contributed by atoms with Gasteiger partial charge in [-0.15, -0.1) is 0 Å². The Balaban J connectivity index is 0.977. The van der Waals surface area contributed by atoms with Crippen LogP contribution in [0.2, 0.25) is 0 Å². The molecule has 2 aliphatic rings. The van der Waals surface area contributed by atoms with E-state index < -0.39 is 5.41 Å². The average molecular weight is 765 g/mol. The third-order valence-corrected chi connectivity index (χ3v) is 12.3. The fourth-order valence-electron chi connectivity index (χ4n) is 9.62. The molecule has 1 aliphatic heterocycles. The lowest BCUT2D eigenvalue weighted by atomic mass is 9.65. The maximum absolute atomic E-state index is 7.12. The maximum Gasteiger partial charge on any atom is 0.160 e. The van der Waals surface area contributed by atoms with Crippen molar-refractivity contribution in [2.75, 3.05) is 0 Å². The summed E-state index contributed by atoms with van der Waals surface area (Å²) in [7, 11) is 0. The zero-order valence-corrected chi connectivity index (χ0v) is 32.6. The van der Waals surface area contributed by atoms with Crippen molar-refractivity contribution in [1.82, 2.24) is 9.97 Å². The van der Waals surface area contributed by atoms with Crippen molar-refractivity contribution >= 4 is 10.8 Å². The van der Waals surface area contributed by atoms with E-state index in [9.17, 15) is 0 Å². The summed E-state index contributed by atoms with van der Waals surface area (Å²) in [5.74, 6) is 2.49. The van der Waals surface area contributed by atoms with E-state index in [0.717, 1.165) is 78.2 Å². The van der Waals surface area contributed by atoms with E-state index in [1.54, 1.807) is 0 Å². The first-order chi connectivity index (χ1) is 29.7. The molecule has 1 spiro atoms. The summed E-state index contributed by atoms with van der Waals surface area (Å²) in [5.41, 5.74) is 16.2. The number of hydrogen-bond donors (Lipinski definition) is 0. The van der Waals surface area contributed by atoms with Crippen LogP contribution in [0.3, 0.4) is 0 Å². The van der Waals surface area contributed by atoms with Gasteiger partial charge in [-0.25, -0.2) is 9.97 Å². The molecule has 1 aromatic heterocycles. The van der Waals surface area contributed by atoms with Gasteiger partial charge >= 0.3 is 0 Å². The number of benzene rings is 9. The van der Waals surface area contributed by atoms with Crippen LogP contribution in [0.1, 0.15) is 22.3 Å². The van der Waals surface area contributed by atoms with Crippen LogP contribution in [0.25, 0.3) is 78.1 Å². The molecule has 3 heteroatoms. The SMILES string of the molecule is c1ccc(-c2cc(-c3ccccc3)nc(-c3cccc(-c4cccc(-c5ccc6c(c5)Oc5c(ccc7ccccc57)C65c6ccccc6-c6ccccc65)c4)c3)n2)cc1. The molecule has 0 bridgehead atoms. The summed E-state index contributed by atoms with van der Waals surface area (Å²) in [6.07, 6.45) is 0. The molecule has 0 N–H and O–H groups in total. The van der Waals surface area contributed by atoms with E-state index in [4.69, 9.17) is 14.7 Å². The van der Waals surface area contributed by atoms with E-state index in [0.29, 0.717) is 5.82 Å². The minimum absolute atomic E-state index is 0.527. The van der Waals surface area contributed by atoms with Gasteiger partial charge in [-0.3, -0.25) is 0 Å². The van der Waals surface area contributed by atoms with Crippen LogP contribution < -0.4 is 4.74 Å². The molecule has 10 aromatic rings. The minimum Gasteiger partial charge on any atom is -0.456 e. The van der Waals surface area contributed by atoms with Gasteiger partial charge in [0.15, 0.2) is 5.82 Å². The van der Waals surface area contributed by atoms with Crippen molar-refractivity contribution in [2.24, 2.45) is 0 Å². The van der Waals surface area contributed by atoms with Gasteiger partial charge < -0.3 is 4.74 Å². The monoisotopic (exact) mass is 764 g/mol. The molecule has 0 amide bonds. The lowest BCUT2D eigenvalue weighted by Crippen LogP contribution is -2.32. The Bertz CT molecular complexity index is 3190. The summed E-state index contributed by atoms with van der Waals surface area (Å²) in [6, 6.07) is 77.8. The molecule has 0 saturated heterocycles. The second-order valence-electron chi connectivity index (χ2n) is 15.7. The van der Waals surface area contributed by atoms with Crippen LogP contribution in [-0.4, -0.2) is 9.97 Å². The zero-order chi connectivity index (χ0) is 39.6. The fraction of sp³-hybridized carbons (Fsp3) is 0.0175. The summed E-state index contributed by atoms with van der Waals surface area (Å²) in [5, 5.41) is 2.28. The number of aromatic nitrogens is 2. The van der Waals surface area contributed by atoms with Crippen LogP contribution in [-0.2, 0) is 5.41 Å². The Labute approximate surface area is 348 Å². The number of nitrogens with zero attached hydrogens (tertiary/aromatic N) is 2. The topological polar surface area (TPSA) is 35.0 Å². The second-order valence-corrected chi connectivity index (χ2v) is 15.7. The zero-order valence-electron chi connectivity index (χ0n) is 32.6. The van der Waals surface area contributed by atoms with E-state index in [1.165, 1.54) is 27.8 Å². The lowest BCUT2D eigenvalue weighted by Gasteiger charge is -2.40. The first-order valence-corrected chi connectivity index (χ1v) is 20.5. The Kier molecular flexibility index (Phi) is 7.76. The Morgan fingerprint density at radius 1 is 0.333 bits per heavy atom. The molecule has 3 nitrogen and oxygen atoms in total. The first-order valence-electron chi connectivity index (χ1n) is 20.5. The van der Waals surface area contributed by atoms with Crippen LogP contribution in [0.4, 0.5) is 0 Å². The third kappa shape index (κ3) is 5.30. The molecule has 12 rings (SSSR count). The molecule has 0 saturated carbocycles. The van der Waals surface area contributed by atoms with Crippen molar-refractivity contribution in [3.63, 3.8) is 0 Å². The lowest BCUT2D eigenvalue weighted by molar-refractivity contribution is 0.442. The molecule has 0 atom stereocenters. The summed E-state index contributed by atoms with van der Waals surface area (Å²) in [6.45, 7) is 0. The number of fused-ring (bicyclic) bond motifs is 11. The summed E-state index contributed by atoms with van der Waals surface area (Å²) in [4.78, 5) is 10.2. The normalized spacial score (nSPS) is 12.9. The average Bonchev–Trinajstić information content (AvgIpc) is 3.62. The first kappa shape index (κ1) is 34.2. The van der Waals surface area contributed by atoms with Crippen LogP contribution in [0.5, 0.6) is 11.5 Å². The number of rotatable bonds is 5. The number of ether oxygens (including phenoxy) is 1. The summed E-state index contributed by atoms with van der Waals surface area (Å²) < 4.78 is 7.12. The molecule has 280 valence electrons.